The van der Waals surface area contributed by atoms with E-state index in [1.807, 2.05) is 19.4 Å². The average Bonchev–Trinajstić information content (AvgIpc) is 2.63. The molecule has 0 spiro atoms. The van der Waals surface area contributed by atoms with Crippen LogP contribution in [0, 0.1) is 39.2 Å². The molecular weight excluding hydrogens is 360 g/mol. The molecule has 0 bridgehead atoms. The van der Waals surface area contributed by atoms with Crippen LogP contribution in [0.2, 0.25) is 0 Å². The molecule has 0 heterocycles. The van der Waals surface area contributed by atoms with Crippen molar-refractivity contribution in [2.75, 3.05) is 7.11 Å². The van der Waals surface area contributed by atoms with E-state index in [0.717, 1.165) is 0 Å². The van der Waals surface area contributed by atoms with Gasteiger partial charge in [-0.25, -0.2) is 0 Å². The van der Waals surface area contributed by atoms with E-state index in [2.05, 4.69) is 46.3 Å². The van der Waals surface area contributed by atoms with Gasteiger partial charge in [0.15, 0.2) is 0 Å². The van der Waals surface area contributed by atoms with Gasteiger partial charge in [-0.05, 0) is 0 Å². The predicted octanol–water partition coefficient (Wildman–Crippen LogP) is 1.87. The van der Waals surface area contributed by atoms with Gasteiger partial charge in [-0.15, -0.1) is 0 Å². The van der Waals surface area contributed by atoms with Crippen LogP contribution in [-0.4, -0.2) is 11.2 Å². The molecule has 0 aromatic heterocycles. The SMILES string of the molecule is CO[C](=[Mo])C1CC=C(C)CC1.[C-]#[O+].[C-]#[O+].[C-]#[O+].[C-]#[O+].[C-]#[O+]. The Morgan fingerprint density at radius 3 is 1.67 bits per heavy atom. The number of ether oxygens (including phenoxy) is 1. The van der Waals surface area contributed by atoms with Crippen LogP contribution < -0.4 is 0 Å². The van der Waals surface area contributed by atoms with Gasteiger partial charge in [-0.3, -0.25) is 0 Å². The van der Waals surface area contributed by atoms with Crippen LogP contribution >= 0.6 is 0 Å². The summed E-state index contributed by atoms with van der Waals surface area (Å²) in [4.78, 5) is 0. The normalized spacial score (nSPS) is 13.3. The zero-order valence-electron chi connectivity index (χ0n) is 11.6. The van der Waals surface area contributed by atoms with Crippen molar-refractivity contribution >= 4 is 4.08 Å². The minimum absolute atomic E-state index is 0.675. The fourth-order valence-corrected chi connectivity index (χ4v) is 1.87. The summed E-state index contributed by atoms with van der Waals surface area (Å²) in [6, 6.07) is 0. The summed E-state index contributed by atoms with van der Waals surface area (Å²) in [5, 5.41) is 0. The van der Waals surface area contributed by atoms with Crippen LogP contribution in [-0.2, 0) is 47.4 Å². The van der Waals surface area contributed by atoms with Gasteiger partial charge in [0.25, 0.3) is 0 Å². The molecule has 7 heteroatoms. The van der Waals surface area contributed by atoms with Gasteiger partial charge in [-0.1, -0.05) is 0 Å². The van der Waals surface area contributed by atoms with Crippen molar-refractivity contribution in [2.24, 2.45) is 5.92 Å². The monoisotopic (exact) mass is 376 g/mol. The predicted molar refractivity (Wildman–Crippen MR) is 62.8 cm³/mol. The van der Waals surface area contributed by atoms with Gasteiger partial charge in [0.2, 0.25) is 0 Å². The summed E-state index contributed by atoms with van der Waals surface area (Å²) in [6.45, 7) is 24.7. The molecule has 1 aliphatic rings. The second-order valence-electron chi connectivity index (χ2n) is 3.04. The topological polar surface area (TPSA) is 109 Å². The standard InChI is InChI=1S/C9H14O.5CO.Mo/c1-8-3-5-9(6-4-8)7-10-2;5*1-2;/h3,9H,4-6H2,1-2H3;;;;;;. The van der Waals surface area contributed by atoms with Crippen molar-refractivity contribution in [3.63, 3.8) is 0 Å². The molecule has 0 saturated heterocycles. The molecule has 1 unspecified atom stereocenters. The molecule has 21 heavy (non-hydrogen) atoms. The summed E-state index contributed by atoms with van der Waals surface area (Å²) in [5.74, 6) is 0.675. The Kier molecular flexibility index (Phi) is 55.6. The Hall–Kier alpha value is -1.04. The number of allylic oxidation sites excluding steroid dienone is 2. The third-order valence-electron chi connectivity index (χ3n) is 2.17. The number of methoxy groups -OCH3 is 1. The van der Waals surface area contributed by atoms with Crippen LogP contribution in [0.1, 0.15) is 26.2 Å². The first-order valence-corrected chi connectivity index (χ1v) is 6.00. The molecule has 0 N–H and O–H groups in total. The van der Waals surface area contributed by atoms with Gasteiger partial charge in [0.1, 0.15) is 0 Å². The molecule has 0 radical (unpaired) electrons. The van der Waals surface area contributed by atoms with Crippen LogP contribution in [0.5, 0.6) is 0 Å². The first-order valence-electron chi connectivity index (χ1n) is 4.99. The average molecular weight is 374 g/mol. The Morgan fingerprint density at radius 2 is 1.43 bits per heavy atom. The summed E-state index contributed by atoms with van der Waals surface area (Å²) in [7, 11) is 1.77. The van der Waals surface area contributed by atoms with E-state index in [1.54, 1.807) is 7.11 Å². The molecule has 1 rings (SSSR count). The van der Waals surface area contributed by atoms with Crippen molar-refractivity contribution in [1.82, 2.24) is 0 Å². The zero-order valence-corrected chi connectivity index (χ0v) is 13.6. The molecule has 1 aliphatic carbocycles. The fraction of sp³-hybridized carbons (Fsp3) is 0.429. The second-order valence-corrected chi connectivity index (χ2v) is 4.03. The number of rotatable bonds is 2. The van der Waals surface area contributed by atoms with E-state index in [9.17, 15) is 0 Å². The van der Waals surface area contributed by atoms with Gasteiger partial charge in [-0.2, -0.15) is 0 Å². The molecule has 0 fully saturated rings. The third kappa shape index (κ3) is 24.4. The molecule has 1 atom stereocenters. The maximum atomic E-state index is 7.50. The summed E-state index contributed by atoms with van der Waals surface area (Å²) in [6.07, 6.45) is 6.02. The van der Waals surface area contributed by atoms with E-state index >= 15 is 0 Å². The van der Waals surface area contributed by atoms with Crippen LogP contribution in [0.4, 0.5) is 0 Å². The number of hydrogen-bond donors (Lipinski definition) is 0. The Bertz CT molecular complexity index is 327. The fourth-order valence-electron chi connectivity index (χ4n) is 1.35. The van der Waals surface area contributed by atoms with Gasteiger partial charge in [0.05, 0.1) is 0 Å². The van der Waals surface area contributed by atoms with Gasteiger partial charge in [0, 0.05) is 0 Å². The summed E-state index contributed by atoms with van der Waals surface area (Å²) < 4.78 is 43.9. The zero-order chi connectivity index (χ0) is 18.3. The minimum atomic E-state index is 0.675. The van der Waals surface area contributed by atoms with E-state index in [1.165, 1.54) is 28.9 Å². The van der Waals surface area contributed by atoms with Crippen molar-refractivity contribution < 1.29 is 47.4 Å². The molecule has 0 aromatic carbocycles. The summed E-state index contributed by atoms with van der Waals surface area (Å²) in [5.41, 5.74) is 1.53. The van der Waals surface area contributed by atoms with Crippen LogP contribution in [0.15, 0.2) is 11.6 Å². The van der Waals surface area contributed by atoms with E-state index in [4.69, 9.17) is 28.0 Å². The number of hydrogen-bond acceptors (Lipinski definition) is 1. The van der Waals surface area contributed by atoms with E-state index in [0.29, 0.717) is 5.92 Å². The molecule has 112 valence electrons. The van der Waals surface area contributed by atoms with Gasteiger partial charge >= 0.3 is 136 Å². The third-order valence-corrected chi connectivity index (χ3v) is 3.40. The van der Waals surface area contributed by atoms with Gasteiger partial charge < -0.3 is 0 Å². The van der Waals surface area contributed by atoms with Crippen molar-refractivity contribution in [3.05, 3.63) is 44.9 Å². The summed E-state index contributed by atoms with van der Waals surface area (Å²) >= 11 is 2.01. The Labute approximate surface area is 135 Å². The Morgan fingerprint density at radius 1 is 1.05 bits per heavy atom. The van der Waals surface area contributed by atoms with E-state index in [-0.39, 0.29) is 0 Å². The molecular formula is C14H14MoO6. The second kappa shape index (κ2) is 36.4. The molecule has 0 amide bonds. The van der Waals surface area contributed by atoms with Crippen molar-refractivity contribution in [1.29, 1.82) is 0 Å². The van der Waals surface area contributed by atoms with Crippen LogP contribution in [0.25, 0.3) is 0 Å². The van der Waals surface area contributed by atoms with Crippen molar-refractivity contribution in [3.8, 4) is 0 Å². The maximum absolute atomic E-state index is 7.50. The molecule has 0 aromatic rings. The first kappa shape index (κ1) is 32.1. The molecule has 0 saturated carbocycles. The van der Waals surface area contributed by atoms with E-state index < -0.39 is 0 Å². The van der Waals surface area contributed by atoms with Crippen LogP contribution in [0.3, 0.4) is 0 Å². The van der Waals surface area contributed by atoms with Crippen molar-refractivity contribution in [2.45, 2.75) is 26.2 Å². The molecule has 6 nitrogen and oxygen atoms in total. The first-order chi connectivity index (χ1) is 10.2. The Balaban J connectivity index is -0.0000000727. The quantitative estimate of drug-likeness (QED) is 0.313. The molecule has 0 aliphatic heterocycles.